The number of rotatable bonds is 3. The molecule has 105 valence electrons. The van der Waals surface area contributed by atoms with E-state index in [1.165, 1.54) is 11.3 Å². The smallest absolute Gasteiger partial charge is 0.208 e. The lowest BCUT2D eigenvalue weighted by molar-refractivity contribution is 0.104. The van der Waals surface area contributed by atoms with Gasteiger partial charge >= 0.3 is 0 Å². The van der Waals surface area contributed by atoms with Gasteiger partial charge in [0.15, 0.2) is 5.65 Å². The van der Waals surface area contributed by atoms with E-state index in [-0.39, 0.29) is 5.78 Å². The van der Waals surface area contributed by atoms with E-state index in [0.717, 1.165) is 11.3 Å². The van der Waals surface area contributed by atoms with Crippen LogP contribution in [0.25, 0.3) is 16.9 Å². The summed E-state index contributed by atoms with van der Waals surface area (Å²) >= 11 is 1.42. The highest BCUT2D eigenvalue weighted by Crippen LogP contribution is 2.23. The summed E-state index contributed by atoms with van der Waals surface area (Å²) in [5, 5.41) is 6.24. The highest BCUT2D eigenvalue weighted by molar-refractivity contribution is 7.12. The van der Waals surface area contributed by atoms with Crippen LogP contribution in [0.1, 0.15) is 15.2 Å². The summed E-state index contributed by atoms with van der Waals surface area (Å²) in [6, 6.07) is 16.2. The van der Waals surface area contributed by atoms with Crippen molar-refractivity contribution in [2.45, 2.75) is 0 Å². The Morgan fingerprint density at radius 3 is 2.95 bits per heavy atom. The number of benzene rings is 1. The molecule has 0 atom stereocenters. The van der Waals surface area contributed by atoms with Gasteiger partial charge in [0.05, 0.1) is 22.3 Å². The third kappa shape index (κ3) is 2.03. The van der Waals surface area contributed by atoms with Gasteiger partial charge in [0.1, 0.15) is 0 Å². The van der Waals surface area contributed by atoms with Crippen molar-refractivity contribution in [2.75, 3.05) is 0 Å². The predicted molar refractivity (Wildman–Crippen MR) is 85.0 cm³/mol. The van der Waals surface area contributed by atoms with Gasteiger partial charge in [-0.3, -0.25) is 4.79 Å². The van der Waals surface area contributed by atoms with E-state index in [9.17, 15) is 4.79 Å². The van der Waals surface area contributed by atoms with Crippen LogP contribution in [0.4, 0.5) is 0 Å². The van der Waals surface area contributed by atoms with Gasteiger partial charge in [-0.05, 0) is 29.6 Å². The molecule has 3 aromatic heterocycles. The number of thiophene rings is 1. The maximum absolute atomic E-state index is 12.5. The van der Waals surface area contributed by atoms with Crippen LogP contribution in [0.15, 0.2) is 60.2 Å². The molecule has 0 saturated heterocycles. The molecule has 0 fully saturated rings. The van der Waals surface area contributed by atoms with Gasteiger partial charge in [-0.2, -0.15) is 5.10 Å². The quantitative estimate of drug-likeness (QED) is 0.544. The fourth-order valence-corrected chi connectivity index (χ4v) is 3.04. The van der Waals surface area contributed by atoms with Crippen LogP contribution in [0.5, 0.6) is 0 Å². The summed E-state index contributed by atoms with van der Waals surface area (Å²) in [6.07, 6.45) is 3.28. The van der Waals surface area contributed by atoms with Crippen molar-refractivity contribution in [1.82, 2.24) is 14.6 Å². The van der Waals surface area contributed by atoms with E-state index < -0.39 is 0 Å². The molecular weight excluding hydrogens is 294 g/mol. The number of hydrogen-bond donors (Lipinski definition) is 0. The second-order valence-electron chi connectivity index (χ2n) is 4.72. The maximum atomic E-state index is 12.5. The first-order valence-corrected chi connectivity index (χ1v) is 7.60. The number of hydrogen-bond acceptors (Lipinski definition) is 4. The number of fused-ring (bicyclic) bond motifs is 1. The Labute approximate surface area is 130 Å². The number of ketones is 1. The SMILES string of the molecule is O=C(c1cccs1)c1cnn2c(-c3c[c]ccc3)ccnc12. The first kappa shape index (κ1) is 12.9. The average Bonchev–Trinajstić information content (AvgIpc) is 3.24. The Kier molecular flexibility index (Phi) is 3.05. The van der Waals surface area contributed by atoms with Crippen molar-refractivity contribution in [3.63, 3.8) is 0 Å². The Morgan fingerprint density at radius 1 is 1.23 bits per heavy atom. The van der Waals surface area contributed by atoms with Gasteiger partial charge < -0.3 is 0 Å². The number of aromatic nitrogens is 3. The summed E-state index contributed by atoms with van der Waals surface area (Å²) in [4.78, 5) is 17.6. The van der Waals surface area contributed by atoms with Gasteiger partial charge in [0.25, 0.3) is 0 Å². The monoisotopic (exact) mass is 304 g/mol. The summed E-state index contributed by atoms with van der Waals surface area (Å²) in [5.74, 6) is -0.0470. The predicted octanol–water partition coefficient (Wildman–Crippen LogP) is 3.49. The first-order chi connectivity index (χ1) is 10.8. The molecule has 0 amide bonds. The fourth-order valence-electron chi connectivity index (χ4n) is 2.36. The summed E-state index contributed by atoms with van der Waals surface area (Å²) < 4.78 is 1.70. The lowest BCUT2D eigenvalue weighted by Crippen LogP contribution is -2.00. The van der Waals surface area contributed by atoms with E-state index >= 15 is 0 Å². The molecule has 3 heterocycles. The molecule has 0 aliphatic heterocycles. The van der Waals surface area contributed by atoms with Crippen molar-refractivity contribution in [2.24, 2.45) is 0 Å². The molecule has 4 aromatic rings. The van der Waals surface area contributed by atoms with Gasteiger partial charge in [-0.25, -0.2) is 9.50 Å². The van der Waals surface area contributed by atoms with Crippen LogP contribution in [-0.2, 0) is 0 Å². The first-order valence-electron chi connectivity index (χ1n) is 6.72. The molecule has 22 heavy (non-hydrogen) atoms. The van der Waals surface area contributed by atoms with Crippen LogP contribution in [0.2, 0.25) is 0 Å². The molecule has 0 spiro atoms. The topological polar surface area (TPSA) is 47.3 Å². The molecule has 0 aliphatic carbocycles. The van der Waals surface area contributed by atoms with Crippen LogP contribution < -0.4 is 0 Å². The standard InChI is InChI=1S/C17H10N3OS/c21-16(15-7-4-10-22-15)13-11-19-20-14(8-9-18-17(13)20)12-5-2-1-3-6-12/h1-2,4-11H. The van der Waals surface area contributed by atoms with Crippen molar-refractivity contribution < 1.29 is 4.79 Å². The van der Waals surface area contributed by atoms with Crippen LogP contribution in [0, 0.1) is 6.07 Å². The molecule has 4 nitrogen and oxygen atoms in total. The average molecular weight is 304 g/mol. The second-order valence-corrected chi connectivity index (χ2v) is 5.67. The summed E-state index contributed by atoms with van der Waals surface area (Å²) in [6.45, 7) is 0. The maximum Gasteiger partial charge on any atom is 0.208 e. The van der Waals surface area contributed by atoms with Crippen molar-refractivity contribution in [1.29, 1.82) is 0 Å². The minimum atomic E-state index is -0.0470. The molecule has 1 radical (unpaired) electrons. The van der Waals surface area contributed by atoms with Crippen LogP contribution >= 0.6 is 11.3 Å². The second kappa shape index (κ2) is 5.20. The van der Waals surface area contributed by atoms with Gasteiger partial charge in [0, 0.05) is 11.8 Å². The van der Waals surface area contributed by atoms with Crippen molar-refractivity contribution >= 4 is 22.8 Å². The number of nitrogens with zero attached hydrogens (tertiary/aromatic N) is 3. The van der Waals surface area contributed by atoms with Crippen LogP contribution in [0.3, 0.4) is 0 Å². The van der Waals surface area contributed by atoms with E-state index in [1.807, 2.05) is 47.8 Å². The molecular formula is C17H10N3OS. The molecule has 0 saturated carbocycles. The third-order valence-corrected chi connectivity index (χ3v) is 4.26. The number of carbonyl (C=O) groups excluding carboxylic acids is 1. The normalized spacial score (nSPS) is 10.9. The molecule has 0 unspecified atom stereocenters. The summed E-state index contributed by atoms with van der Waals surface area (Å²) in [7, 11) is 0. The van der Waals surface area contributed by atoms with Crippen LogP contribution in [-0.4, -0.2) is 20.4 Å². The third-order valence-electron chi connectivity index (χ3n) is 3.39. The lowest BCUT2D eigenvalue weighted by Gasteiger charge is -2.04. The Bertz CT molecular complexity index is 943. The number of carbonyl (C=O) groups is 1. The Morgan fingerprint density at radius 2 is 2.18 bits per heavy atom. The van der Waals surface area contributed by atoms with Gasteiger partial charge in [-0.15, -0.1) is 11.3 Å². The highest BCUT2D eigenvalue weighted by atomic mass is 32.1. The summed E-state index contributed by atoms with van der Waals surface area (Å²) in [5.41, 5.74) is 2.95. The zero-order valence-corrected chi connectivity index (χ0v) is 12.2. The highest BCUT2D eigenvalue weighted by Gasteiger charge is 2.18. The zero-order chi connectivity index (χ0) is 14.9. The minimum absolute atomic E-state index is 0.0470. The molecule has 5 heteroatoms. The van der Waals surface area contributed by atoms with E-state index in [4.69, 9.17) is 0 Å². The van der Waals surface area contributed by atoms with Gasteiger partial charge in [0.2, 0.25) is 5.78 Å². The fraction of sp³-hybridized carbons (Fsp3) is 0. The Hall–Kier alpha value is -2.79. The molecule has 4 rings (SSSR count). The van der Waals surface area contributed by atoms with Gasteiger partial charge in [-0.1, -0.05) is 24.3 Å². The largest absolute Gasteiger partial charge is 0.287 e. The van der Waals surface area contributed by atoms with E-state index in [2.05, 4.69) is 16.1 Å². The van der Waals surface area contributed by atoms with E-state index in [1.54, 1.807) is 16.9 Å². The molecule has 1 aromatic carbocycles. The van der Waals surface area contributed by atoms with E-state index in [0.29, 0.717) is 16.1 Å². The minimum Gasteiger partial charge on any atom is -0.287 e. The lowest BCUT2D eigenvalue weighted by atomic mass is 10.1. The molecule has 0 aliphatic rings. The zero-order valence-electron chi connectivity index (χ0n) is 11.4. The Balaban J connectivity index is 1.89. The van der Waals surface area contributed by atoms with Crippen molar-refractivity contribution in [3.8, 4) is 11.3 Å². The molecule has 0 N–H and O–H groups in total. The molecule has 0 bridgehead atoms. The van der Waals surface area contributed by atoms with Crippen molar-refractivity contribution in [3.05, 3.63) is 76.7 Å².